The molecule has 3 saturated carbocycles. The van der Waals surface area contributed by atoms with Gasteiger partial charge in [0.2, 0.25) is 5.91 Å². The van der Waals surface area contributed by atoms with Crippen LogP contribution in [0.5, 0.6) is 0 Å². The molecule has 0 aromatic rings. The smallest absolute Gasteiger partial charge is 0.302 e. The van der Waals surface area contributed by atoms with Crippen molar-refractivity contribution in [2.24, 2.45) is 46.3 Å². The first-order chi connectivity index (χ1) is 17.9. The Hall–Kier alpha value is -1.40. The van der Waals surface area contributed by atoms with Crippen LogP contribution < -0.4 is 5.32 Å². The fourth-order valence-corrected chi connectivity index (χ4v) is 10.1. The third kappa shape index (κ3) is 4.56. The van der Waals surface area contributed by atoms with E-state index in [2.05, 4.69) is 39.1 Å². The van der Waals surface area contributed by atoms with Gasteiger partial charge >= 0.3 is 5.97 Å². The highest BCUT2D eigenvalue weighted by atomic mass is 16.7. The van der Waals surface area contributed by atoms with Crippen LogP contribution in [0.3, 0.4) is 0 Å². The van der Waals surface area contributed by atoms with Gasteiger partial charge in [-0.15, -0.1) is 0 Å². The van der Waals surface area contributed by atoms with Gasteiger partial charge in [-0.1, -0.05) is 39.3 Å². The molecule has 4 fully saturated rings. The Bertz CT molecular complexity index is 963. The number of ether oxygens (including phenoxy) is 3. The van der Waals surface area contributed by atoms with E-state index in [0.29, 0.717) is 36.1 Å². The Morgan fingerprint density at radius 1 is 1.18 bits per heavy atom. The second-order valence-corrected chi connectivity index (χ2v) is 14.1. The van der Waals surface area contributed by atoms with Crippen LogP contribution in [-0.2, 0) is 23.8 Å². The van der Waals surface area contributed by atoms with Gasteiger partial charge in [-0.2, -0.15) is 0 Å². The molecule has 38 heavy (non-hydrogen) atoms. The number of hydrogen-bond donors (Lipinski definition) is 1. The first-order valence-corrected chi connectivity index (χ1v) is 15.3. The lowest BCUT2D eigenvalue weighted by atomic mass is 9.47. The molecule has 1 amide bonds. The molecule has 4 aliphatic carbocycles. The number of fused-ring (bicyclic) bond motifs is 7. The minimum atomic E-state index is -0.522. The zero-order valence-electron chi connectivity index (χ0n) is 24.8. The monoisotopic (exact) mass is 529 g/mol. The number of methoxy groups -OCH3 is 1. The molecular formula is C32H51NO5. The Kier molecular flexibility index (Phi) is 7.56. The third-order valence-corrected chi connectivity index (χ3v) is 12.1. The molecule has 5 rings (SSSR count). The Labute approximate surface area is 230 Å². The largest absolute Gasteiger partial charge is 0.462 e. The van der Waals surface area contributed by atoms with Gasteiger partial charge in [-0.05, 0) is 85.4 Å². The van der Waals surface area contributed by atoms with Crippen LogP contribution in [0.1, 0.15) is 99.3 Å². The molecule has 5 aliphatic rings. The first kappa shape index (κ1) is 28.1. The van der Waals surface area contributed by atoms with E-state index in [1.807, 2.05) is 7.11 Å². The summed E-state index contributed by atoms with van der Waals surface area (Å²) in [7, 11) is 1.83. The Balaban J connectivity index is 1.30. The van der Waals surface area contributed by atoms with Crippen molar-refractivity contribution in [3.05, 3.63) is 11.6 Å². The van der Waals surface area contributed by atoms with E-state index < -0.39 is 5.79 Å². The molecule has 1 heterocycles. The molecular weight excluding hydrogens is 478 g/mol. The van der Waals surface area contributed by atoms with Crippen molar-refractivity contribution >= 4 is 11.9 Å². The summed E-state index contributed by atoms with van der Waals surface area (Å²) in [6.07, 6.45) is 12.6. The molecule has 0 radical (unpaired) electrons. The van der Waals surface area contributed by atoms with E-state index in [1.165, 1.54) is 19.8 Å². The lowest BCUT2D eigenvalue weighted by molar-refractivity contribution is -0.238. The molecule has 0 unspecified atom stereocenters. The van der Waals surface area contributed by atoms with Gasteiger partial charge in [-0.3, -0.25) is 9.59 Å². The maximum absolute atomic E-state index is 11.6. The summed E-state index contributed by atoms with van der Waals surface area (Å²) in [5.41, 5.74) is 2.07. The van der Waals surface area contributed by atoms with Crippen molar-refractivity contribution in [1.29, 1.82) is 0 Å². The van der Waals surface area contributed by atoms with E-state index in [0.717, 1.165) is 50.9 Å². The zero-order chi connectivity index (χ0) is 27.5. The number of nitrogens with one attached hydrogen (secondary N) is 1. The van der Waals surface area contributed by atoms with Gasteiger partial charge in [0.1, 0.15) is 6.10 Å². The molecule has 214 valence electrons. The number of carbonyl (C=O) groups is 2. The second-order valence-electron chi connectivity index (χ2n) is 14.1. The van der Waals surface area contributed by atoms with Crippen LogP contribution in [0, 0.1) is 46.3 Å². The molecule has 1 aliphatic heterocycles. The van der Waals surface area contributed by atoms with Crippen LogP contribution in [0.4, 0.5) is 0 Å². The highest BCUT2D eigenvalue weighted by molar-refractivity contribution is 5.72. The van der Waals surface area contributed by atoms with E-state index in [4.69, 9.17) is 14.2 Å². The highest BCUT2D eigenvalue weighted by Gasteiger charge is 2.68. The van der Waals surface area contributed by atoms with Crippen molar-refractivity contribution in [3.63, 3.8) is 0 Å². The van der Waals surface area contributed by atoms with E-state index >= 15 is 0 Å². The molecule has 0 spiro atoms. The summed E-state index contributed by atoms with van der Waals surface area (Å²) < 4.78 is 18.8. The normalized spacial score (nSPS) is 46.2. The first-order valence-electron chi connectivity index (χ1n) is 15.3. The summed E-state index contributed by atoms with van der Waals surface area (Å²) >= 11 is 0. The maximum Gasteiger partial charge on any atom is 0.302 e. The summed E-state index contributed by atoms with van der Waals surface area (Å²) in [5, 5.41) is 2.96. The maximum atomic E-state index is 11.6. The fourth-order valence-electron chi connectivity index (χ4n) is 10.1. The van der Waals surface area contributed by atoms with Crippen LogP contribution in [0.2, 0.25) is 0 Å². The molecule has 6 nitrogen and oxygen atoms in total. The number of esters is 1. The van der Waals surface area contributed by atoms with E-state index in [9.17, 15) is 9.59 Å². The van der Waals surface area contributed by atoms with Gasteiger partial charge < -0.3 is 19.5 Å². The van der Waals surface area contributed by atoms with E-state index in [1.54, 1.807) is 12.5 Å². The molecule has 1 N–H and O–H groups in total. The molecule has 0 aromatic heterocycles. The molecule has 1 saturated heterocycles. The van der Waals surface area contributed by atoms with Crippen molar-refractivity contribution in [1.82, 2.24) is 5.32 Å². The van der Waals surface area contributed by atoms with Gasteiger partial charge in [0, 0.05) is 46.3 Å². The van der Waals surface area contributed by atoms with Crippen molar-refractivity contribution in [2.45, 2.75) is 117 Å². The number of rotatable bonds is 7. The highest BCUT2D eigenvalue weighted by Crippen LogP contribution is 2.70. The predicted octanol–water partition coefficient (Wildman–Crippen LogP) is 6.04. The predicted molar refractivity (Wildman–Crippen MR) is 147 cm³/mol. The quantitative estimate of drug-likeness (QED) is 0.322. The topological polar surface area (TPSA) is 73.9 Å². The Morgan fingerprint density at radius 2 is 1.95 bits per heavy atom. The van der Waals surface area contributed by atoms with E-state index in [-0.39, 0.29) is 34.9 Å². The lowest BCUT2D eigenvalue weighted by Gasteiger charge is -2.58. The van der Waals surface area contributed by atoms with Crippen LogP contribution in [-0.4, -0.2) is 43.5 Å². The summed E-state index contributed by atoms with van der Waals surface area (Å²) in [5.74, 6) is 2.74. The van der Waals surface area contributed by atoms with Gasteiger partial charge in [-0.25, -0.2) is 0 Å². The third-order valence-electron chi connectivity index (χ3n) is 12.1. The number of allylic oxidation sites excluding steroid dienone is 1. The van der Waals surface area contributed by atoms with Crippen molar-refractivity contribution in [2.75, 3.05) is 13.7 Å². The average Bonchev–Trinajstić information content (AvgIpc) is 3.31. The fraction of sp³-hybridized carbons (Fsp3) is 0.875. The summed E-state index contributed by atoms with van der Waals surface area (Å²) in [6.45, 7) is 13.5. The molecule has 11 atom stereocenters. The number of amides is 1. The van der Waals surface area contributed by atoms with Gasteiger partial charge in [0.15, 0.2) is 5.79 Å². The number of hydrogen-bond acceptors (Lipinski definition) is 5. The minimum absolute atomic E-state index is 0.0314. The molecule has 6 heteroatoms. The minimum Gasteiger partial charge on any atom is -0.462 e. The average molecular weight is 530 g/mol. The van der Waals surface area contributed by atoms with Gasteiger partial charge in [0.25, 0.3) is 0 Å². The second kappa shape index (κ2) is 10.2. The zero-order valence-corrected chi connectivity index (χ0v) is 24.8. The lowest BCUT2D eigenvalue weighted by Crippen LogP contribution is -2.52. The molecule has 0 aromatic carbocycles. The summed E-state index contributed by atoms with van der Waals surface area (Å²) in [4.78, 5) is 22.9. The van der Waals surface area contributed by atoms with Crippen LogP contribution >= 0.6 is 0 Å². The van der Waals surface area contributed by atoms with Crippen molar-refractivity contribution < 1.29 is 23.8 Å². The molecule has 0 bridgehead atoms. The Morgan fingerprint density at radius 3 is 2.63 bits per heavy atom. The standard InChI is InChI=1S/C32H51NO5/c1-19(18-33-21(3)34)10-15-32(36-7)20(2)29-28(38-32)17-27-25-9-8-23-16-24(37-22(4)35)11-13-30(23,5)26(25)12-14-31(27,29)6/h8,19-20,24-29H,9-18H2,1-7H3,(H,33,34)/t19-,20+,24-,25-,26+,27+,28+,29+,30+,31+,32-/m1/s1. The number of carbonyl (C=O) groups excluding carboxylic acids is 2. The van der Waals surface area contributed by atoms with Crippen molar-refractivity contribution in [3.8, 4) is 0 Å². The SMILES string of the molecule is CO[C@]1(CC[C@@H](C)CNC(C)=O)O[C@H]2C[C@H]3[C@@H]4CC=C5C[C@H](OC(C)=O)CC[C@]5(C)[C@H]4CC[C@]3(C)[C@H]2[C@@H]1C. The van der Waals surface area contributed by atoms with Gasteiger partial charge in [0.05, 0.1) is 6.10 Å². The van der Waals surface area contributed by atoms with Crippen LogP contribution in [0.15, 0.2) is 11.6 Å². The van der Waals surface area contributed by atoms with Crippen LogP contribution in [0.25, 0.3) is 0 Å². The summed E-state index contributed by atoms with van der Waals surface area (Å²) in [6, 6.07) is 0.